The van der Waals surface area contributed by atoms with E-state index in [-0.39, 0.29) is 0 Å². The maximum atomic E-state index is 14.7. The Balaban J connectivity index is 1.17. The highest BCUT2D eigenvalue weighted by Gasteiger charge is 2.30. The number of imidazole rings is 1. The molecule has 8 aromatic rings. The summed E-state index contributed by atoms with van der Waals surface area (Å²) in [4.78, 5) is 5.04. The van der Waals surface area contributed by atoms with E-state index in [0.29, 0.717) is 5.31 Å². The highest BCUT2D eigenvalue weighted by Crippen LogP contribution is 2.52. The van der Waals surface area contributed by atoms with Gasteiger partial charge in [-0.05, 0) is 58.0 Å². The molecular formula is C43H31N2OP. The fraction of sp³-hybridized carbons (Fsp3) is 0. The zero-order valence-electron chi connectivity index (χ0n) is 25.8. The molecule has 0 amide bonds. The first-order valence-corrected chi connectivity index (χ1v) is 17.4. The predicted octanol–water partition coefficient (Wildman–Crippen LogP) is 10.7. The van der Waals surface area contributed by atoms with Gasteiger partial charge in [0.15, 0.2) is 7.14 Å². The minimum absolute atomic E-state index is 0.667. The fourth-order valence-electron chi connectivity index (χ4n) is 6.71. The van der Waals surface area contributed by atoms with Crippen LogP contribution < -0.4 is 10.6 Å². The number of nitrogens with zero attached hydrogens (tertiary/aromatic N) is 2. The normalized spacial score (nSPS) is 13.2. The number of para-hydroxylation sites is 3. The molecule has 4 heteroatoms. The van der Waals surface area contributed by atoms with Gasteiger partial charge in [-0.15, -0.1) is 0 Å². The lowest BCUT2D eigenvalue weighted by molar-refractivity contribution is 0.591. The second-order valence-electron chi connectivity index (χ2n) is 11.6. The number of hydrogen-bond acceptors (Lipinski definition) is 2. The van der Waals surface area contributed by atoms with E-state index in [4.69, 9.17) is 4.98 Å². The molecule has 0 N–H and O–H groups in total. The van der Waals surface area contributed by atoms with Crippen molar-refractivity contribution < 1.29 is 4.57 Å². The Hall–Kier alpha value is -5.76. The van der Waals surface area contributed by atoms with Crippen LogP contribution in [-0.4, -0.2) is 9.38 Å². The summed E-state index contributed by atoms with van der Waals surface area (Å²) in [5.74, 6) is 0. The molecule has 0 saturated carbocycles. The molecule has 47 heavy (non-hydrogen) atoms. The Morgan fingerprint density at radius 2 is 1.15 bits per heavy atom. The van der Waals surface area contributed by atoms with Crippen LogP contribution in [0.25, 0.3) is 60.6 Å². The number of pyridine rings is 1. The summed E-state index contributed by atoms with van der Waals surface area (Å²) < 4.78 is 17.0. The van der Waals surface area contributed by atoms with Crippen molar-refractivity contribution in [1.82, 2.24) is 9.38 Å². The zero-order valence-corrected chi connectivity index (χ0v) is 26.6. The average molecular weight is 623 g/mol. The van der Waals surface area contributed by atoms with Gasteiger partial charge in [-0.3, -0.25) is 4.40 Å². The molecule has 0 saturated heterocycles. The fourth-order valence-corrected chi connectivity index (χ4v) is 9.34. The van der Waals surface area contributed by atoms with Crippen LogP contribution >= 0.6 is 7.14 Å². The zero-order chi connectivity index (χ0) is 32.0. The molecule has 1 atom stereocenters. The molecule has 0 radical (unpaired) electrons. The lowest BCUT2D eigenvalue weighted by Crippen LogP contribution is -2.17. The minimum Gasteiger partial charge on any atom is -0.309 e. The van der Waals surface area contributed by atoms with Crippen molar-refractivity contribution in [3.63, 3.8) is 0 Å². The lowest BCUT2D eigenvalue weighted by atomic mass is 9.97. The first-order valence-electron chi connectivity index (χ1n) is 15.6. The Kier molecular flexibility index (Phi) is 7.05. The predicted molar refractivity (Wildman–Crippen MR) is 200 cm³/mol. The summed E-state index contributed by atoms with van der Waals surface area (Å²) in [5.41, 5.74) is 8.69. The molecule has 6 aromatic carbocycles. The first kappa shape index (κ1) is 28.7. The highest BCUT2D eigenvalue weighted by molar-refractivity contribution is 7.82. The third kappa shape index (κ3) is 4.67. The van der Waals surface area contributed by atoms with Gasteiger partial charge in [0, 0.05) is 26.7 Å². The summed E-state index contributed by atoms with van der Waals surface area (Å²) in [6.45, 7) is 7.79. The van der Waals surface area contributed by atoms with Crippen molar-refractivity contribution >= 4 is 56.1 Å². The number of aromatic nitrogens is 2. The van der Waals surface area contributed by atoms with Gasteiger partial charge in [0.2, 0.25) is 0 Å². The van der Waals surface area contributed by atoms with Crippen molar-refractivity contribution in [2.45, 2.75) is 0 Å². The summed E-state index contributed by atoms with van der Waals surface area (Å²) in [7, 11) is -3.11. The van der Waals surface area contributed by atoms with Gasteiger partial charge in [-0.1, -0.05) is 147 Å². The molecule has 0 aliphatic heterocycles. The maximum absolute atomic E-state index is 14.7. The lowest BCUT2D eigenvalue weighted by Gasteiger charge is -2.21. The van der Waals surface area contributed by atoms with Crippen LogP contribution in [0.4, 0.5) is 0 Å². The van der Waals surface area contributed by atoms with Crippen molar-refractivity contribution in [3.05, 3.63) is 182 Å². The van der Waals surface area contributed by atoms with E-state index in [1.165, 1.54) is 10.8 Å². The number of rotatable bonds is 7. The molecule has 2 aromatic heterocycles. The van der Waals surface area contributed by atoms with Crippen LogP contribution in [0.5, 0.6) is 0 Å². The van der Waals surface area contributed by atoms with Crippen molar-refractivity contribution in [2.75, 3.05) is 0 Å². The van der Waals surface area contributed by atoms with E-state index < -0.39 is 7.14 Å². The molecule has 0 bridgehead atoms. The van der Waals surface area contributed by atoms with Gasteiger partial charge in [0.25, 0.3) is 0 Å². The van der Waals surface area contributed by atoms with Crippen LogP contribution in [0.15, 0.2) is 182 Å². The molecule has 0 fully saturated rings. The summed E-state index contributed by atoms with van der Waals surface area (Å²) in [6, 6.07) is 49.9. The standard InChI is InChI=1S/C43H31N2OP/c1-3-12-34(4-2)47(46,35-13-6-5-7-14-35)36-26-23-31(24-27-36)30-19-21-32(22-20-30)33-25-28-38-39(29-33)37-15-8-10-17-41(37)45-42-18-11-9-16-40(42)44-43(38)45/h3-29H,1-2H2/b34-12+. The summed E-state index contributed by atoms with van der Waals surface area (Å²) in [6.07, 6.45) is 5.14. The molecular weight excluding hydrogens is 591 g/mol. The third-order valence-electron chi connectivity index (χ3n) is 9.02. The molecule has 0 spiro atoms. The second kappa shape index (κ2) is 11.6. The van der Waals surface area contributed by atoms with E-state index in [9.17, 15) is 4.57 Å². The number of allylic oxidation sites excluding steroid dienone is 4. The Bertz CT molecular complexity index is 2560. The Morgan fingerprint density at radius 1 is 0.574 bits per heavy atom. The van der Waals surface area contributed by atoms with Crippen molar-refractivity contribution in [3.8, 4) is 22.3 Å². The second-order valence-corrected chi connectivity index (χ2v) is 14.4. The van der Waals surface area contributed by atoms with Crippen molar-refractivity contribution in [1.29, 1.82) is 0 Å². The summed E-state index contributed by atoms with van der Waals surface area (Å²) in [5, 5.41) is 5.73. The van der Waals surface area contributed by atoms with Gasteiger partial charge in [0.05, 0.1) is 16.6 Å². The highest BCUT2D eigenvalue weighted by atomic mass is 31.2. The summed E-state index contributed by atoms with van der Waals surface area (Å²) >= 11 is 0. The molecule has 8 rings (SSSR count). The molecule has 3 nitrogen and oxygen atoms in total. The number of fused-ring (bicyclic) bond motifs is 8. The topological polar surface area (TPSA) is 34.4 Å². The number of benzene rings is 6. The van der Waals surface area contributed by atoms with Gasteiger partial charge in [0.1, 0.15) is 5.65 Å². The molecule has 224 valence electrons. The van der Waals surface area contributed by atoms with E-state index in [1.807, 2.05) is 48.5 Å². The molecule has 1 unspecified atom stereocenters. The smallest absolute Gasteiger partial charge is 0.170 e. The molecule has 0 aliphatic rings. The van der Waals surface area contributed by atoms with Crippen molar-refractivity contribution in [2.24, 2.45) is 0 Å². The monoisotopic (exact) mass is 622 g/mol. The van der Waals surface area contributed by atoms with Crippen LogP contribution in [0.1, 0.15) is 0 Å². The van der Waals surface area contributed by atoms with Gasteiger partial charge >= 0.3 is 0 Å². The SMILES string of the molecule is C=C/C=C(\C=C)P(=O)(c1ccccc1)c1ccc(-c2ccc(-c3ccc4c(c3)c3ccccc3n3c5ccccc5nc43)cc2)cc1. The Labute approximate surface area is 273 Å². The van der Waals surface area contributed by atoms with Gasteiger partial charge < -0.3 is 4.57 Å². The van der Waals surface area contributed by atoms with Crippen LogP contribution in [0.2, 0.25) is 0 Å². The van der Waals surface area contributed by atoms with Gasteiger partial charge in [-0.2, -0.15) is 0 Å². The van der Waals surface area contributed by atoms with E-state index in [0.717, 1.165) is 60.4 Å². The van der Waals surface area contributed by atoms with Crippen LogP contribution in [0, 0.1) is 0 Å². The van der Waals surface area contributed by atoms with E-state index in [1.54, 1.807) is 18.2 Å². The largest absolute Gasteiger partial charge is 0.309 e. The average Bonchev–Trinajstić information content (AvgIpc) is 3.54. The first-order chi connectivity index (χ1) is 23.1. The van der Waals surface area contributed by atoms with Crippen LogP contribution in [0.3, 0.4) is 0 Å². The Morgan fingerprint density at radius 3 is 1.85 bits per heavy atom. The van der Waals surface area contributed by atoms with Gasteiger partial charge in [-0.25, -0.2) is 4.98 Å². The maximum Gasteiger partial charge on any atom is 0.170 e. The molecule has 0 aliphatic carbocycles. The van der Waals surface area contributed by atoms with E-state index in [2.05, 4.69) is 115 Å². The number of hydrogen-bond donors (Lipinski definition) is 0. The van der Waals surface area contributed by atoms with Crippen LogP contribution in [-0.2, 0) is 4.57 Å². The molecule has 2 heterocycles. The quantitative estimate of drug-likeness (QED) is 0.101. The third-order valence-corrected chi connectivity index (χ3v) is 12.1. The minimum atomic E-state index is -3.11. The van der Waals surface area contributed by atoms with E-state index >= 15 is 0 Å².